The van der Waals surface area contributed by atoms with Crippen molar-refractivity contribution in [2.75, 3.05) is 0 Å². The van der Waals surface area contributed by atoms with Crippen molar-refractivity contribution in [2.24, 2.45) is 10.8 Å². The lowest BCUT2D eigenvalue weighted by molar-refractivity contribution is 0.00923. The van der Waals surface area contributed by atoms with E-state index in [1.165, 1.54) is 11.9 Å². The Bertz CT molecular complexity index is 425. The first kappa shape index (κ1) is 20.8. The van der Waals surface area contributed by atoms with Crippen LogP contribution >= 0.6 is 11.9 Å². The smallest absolute Gasteiger partial charge is 0.417 e. The average molecular weight is 326 g/mol. The van der Waals surface area contributed by atoms with E-state index < -0.39 is 6.09 Å². The van der Waals surface area contributed by atoms with E-state index in [1.807, 2.05) is 25.2 Å². The maximum atomic E-state index is 12.1. The van der Waals surface area contributed by atoms with Crippen LogP contribution in [0.25, 0.3) is 0 Å². The third-order valence-electron chi connectivity index (χ3n) is 2.88. The Labute approximate surface area is 140 Å². The second kappa shape index (κ2) is 9.09. The summed E-state index contributed by atoms with van der Waals surface area (Å²) in [6, 6.07) is 0. The van der Waals surface area contributed by atoms with Gasteiger partial charge in [0.25, 0.3) is 0 Å². The monoisotopic (exact) mass is 325 g/mol. The molecule has 0 aliphatic carbocycles. The van der Waals surface area contributed by atoms with E-state index in [2.05, 4.69) is 52.8 Å². The number of rotatable bonds is 6. The van der Waals surface area contributed by atoms with Gasteiger partial charge >= 0.3 is 6.09 Å². The Kier molecular flexibility index (Phi) is 8.61. The highest BCUT2D eigenvalue weighted by atomic mass is 32.2. The molecule has 1 amide bonds. The fraction of sp³-hybridized carbons (Fsp3) is 0.611. The Balaban J connectivity index is 4.71. The van der Waals surface area contributed by atoms with Gasteiger partial charge in [-0.2, -0.15) is 0 Å². The third-order valence-corrected chi connectivity index (χ3v) is 3.65. The zero-order valence-corrected chi connectivity index (χ0v) is 15.8. The highest BCUT2D eigenvalue weighted by Crippen LogP contribution is 2.33. The van der Waals surface area contributed by atoms with Gasteiger partial charge in [-0.25, -0.2) is 4.79 Å². The first-order valence-electron chi connectivity index (χ1n) is 7.58. The first-order valence-corrected chi connectivity index (χ1v) is 8.40. The molecule has 0 saturated carbocycles. The molecule has 0 aliphatic rings. The second-order valence-corrected chi connectivity index (χ2v) is 8.41. The quantitative estimate of drug-likeness (QED) is 0.491. The molecule has 0 aromatic rings. The summed E-state index contributed by atoms with van der Waals surface area (Å²) in [5.41, 5.74) is 0.00259. The Morgan fingerprint density at radius 2 is 1.86 bits per heavy atom. The molecule has 0 aliphatic heterocycles. The minimum absolute atomic E-state index is 0.0988. The zero-order valence-electron chi connectivity index (χ0n) is 15.0. The number of nitrogens with one attached hydrogen (secondary N) is 1. The fourth-order valence-electron chi connectivity index (χ4n) is 1.74. The molecule has 3 nitrogen and oxygen atoms in total. The number of carbonyl (C=O) groups is 1. The SMILES string of the molecule is C=C/C=C(\C=C/C)SNC(=O)OC(CC(C)(C)C)C(C)(C)C. The van der Waals surface area contributed by atoms with Crippen LogP contribution in [0.2, 0.25) is 0 Å². The zero-order chi connectivity index (χ0) is 17.4. The van der Waals surface area contributed by atoms with Gasteiger partial charge < -0.3 is 4.74 Å². The largest absolute Gasteiger partial charge is 0.445 e. The minimum Gasteiger partial charge on any atom is -0.445 e. The van der Waals surface area contributed by atoms with Crippen molar-refractivity contribution in [3.63, 3.8) is 0 Å². The van der Waals surface area contributed by atoms with Gasteiger partial charge in [-0.3, -0.25) is 4.72 Å². The van der Waals surface area contributed by atoms with Gasteiger partial charge in [0.2, 0.25) is 0 Å². The van der Waals surface area contributed by atoms with E-state index in [1.54, 1.807) is 6.08 Å². The number of ether oxygens (including phenoxy) is 1. The molecule has 4 heteroatoms. The molecule has 0 bridgehead atoms. The lowest BCUT2D eigenvalue weighted by atomic mass is 9.78. The summed E-state index contributed by atoms with van der Waals surface area (Å²) >= 11 is 1.23. The van der Waals surface area contributed by atoms with Crippen LogP contribution < -0.4 is 4.72 Å². The Hall–Kier alpha value is -1.16. The lowest BCUT2D eigenvalue weighted by Gasteiger charge is -2.34. The van der Waals surface area contributed by atoms with E-state index in [-0.39, 0.29) is 16.9 Å². The van der Waals surface area contributed by atoms with Gasteiger partial charge in [-0.1, -0.05) is 66.3 Å². The number of allylic oxidation sites excluding steroid dienone is 4. The molecule has 0 rings (SSSR count). The third kappa shape index (κ3) is 9.72. The Morgan fingerprint density at radius 1 is 1.27 bits per heavy atom. The molecule has 0 heterocycles. The van der Waals surface area contributed by atoms with Crippen LogP contribution in [-0.4, -0.2) is 12.2 Å². The standard InChI is InChI=1S/C18H31NO2S/c1-9-11-14(12-10-2)22-19-16(20)21-15(18(6,7)8)13-17(3,4)5/h9-12,15H,1,13H2,2-8H3,(H,19,20)/b12-10-,14-11+. The molecular formula is C18H31NO2S. The summed E-state index contributed by atoms with van der Waals surface area (Å²) in [5, 5.41) is 0. The molecule has 0 saturated heterocycles. The second-order valence-electron chi connectivity index (χ2n) is 7.53. The summed E-state index contributed by atoms with van der Waals surface area (Å²) in [6.07, 6.45) is 7.61. The molecule has 0 radical (unpaired) electrons. The molecule has 0 aromatic carbocycles. The fourth-order valence-corrected chi connectivity index (χ4v) is 2.36. The van der Waals surface area contributed by atoms with Crippen molar-refractivity contribution in [3.05, 3.63) is 35.8 Å². The molecule has 1 unspecified atom stereocenters. The summed E-state index contributed by atoms with van der Waals surface area (Å²) in [5.74, 6) is 0. The molecule has 126 valence electrons. The lowest BCUT2D eigenvalue weighted by Crippen LogP contribution is -2.37. The van der Waals surface area contributed by atoms with Crippen LogP contribution in [0.5, 0.6) is 0 Å². The molecule has 0 aromatic heterocycles. The number of hydrogen-bond donors (Lipinski definition) is 1. The molecule has 1 N–H and O–H groups in total. The minimum atomic E-state index is -0.409. The Morgan fingerprint density at radius 3 is 2.27 bits per heavy atom. The van der Waals surface area contributed by atoms with E-state index in [0.29, 0.717) is 0 Å². The summed E-state index contributed by atoms with van der Waals surface area (Å²) in [7, 11) is 0. The maximum Gasteiger partial charge on any atom is 0.417 e. The average Bonchev–Trinajstić information content (AvgIpc) is 2.33. The van der Waals surface area contributed by atoms with Crippen molar-refractivity contribution in [3.8, 4) is 0 Å². The van der Waals surface area contributed by atoms with Gasteiger partial charge in [0, 0.05) is 4.91 Å². The summed E-state index contributed by atoms with van der Waals surface area (Å²) in [6.45, 7) is 18.3. The highest BCUT2D eigenvalue weighted by molar-refractivity contribution is 8.01. The predicted octanol–water partition coefficient (Wildman–Crippen LogP) is 5.86. The van der Waals surface area contributed by atoms with Gasteiger partial charge in [-0.15, -0.1) is 0 Å². The van der Waals surface area contributed by atoms with E-state index in [0.717, 1.165) is 11.3 Å². The van der Waals surface area contributed by atoms with Crippen LogP contribution in [-0.2, 0) is 4.74 Å². The first-order chi connectivity index (χ1) is 9.99. The molecule has 22 heavy (non-hydrogen) atoms. The van der Waals surface area contributed by atoms with Crippen LogP contribution in [0.3, 0.4) is 0 Å². The normalized spacial score (nSPS) is 14.8. The number of amides is 1. The molecule has 0 fully saturated rings. The maximum absolute atomic E-state index is 12.1. The van der Waals surface area contributed by atoms with Crippen molar-refractivity contribution in [2.45, 2.75) is 61.0 Å². The van der Waals surface area contributed by atoms with Crippen molar-refractivity contribution < 1.29 is 9.53 Å². The van der Waals surface area contributed by atoms with E-state index in [4.69, 9.17) is 4.74 Å². The van der Waals surface area contributed by atoms with Crippen molar-refractivity contribution in [1.82, 2.24) is 4.72 Å². The van der Waals surface area contributed by atoms with Gasteiger partial charge in [-0.05, 0) is 42.2 Å². The summed E-state index contributed by atoms with van der Waals surface area (Å²) < 4.78 is 8.38. The topological polar surface area (TPSA) is 38.3 Å². The van der Waals surface area contributed by atoms with E-state index >= 15 is 0 Å². The van der Waals surface area contributed by atoms with Crippen LogP contribution in [0.15, 0.2) is 35.8 Å². The number of carbonyl (C=O) groups excluding carboxylic acids is 1. The van der Waals surface area contributed by atoms with Gasteiger partial charge in [0.1, 0.15) is 6.10 Å². The molecule has 1 atom stereocenters. The number of hydrogen-bond acceptors (Lipinski definition) is 3. The van der Waals surface area contributed by atoms with Crippen molar-refractivity contribution >= 4 is 18.0 Å². The van der Waals surface area contributed by atoms with Crippen LogP contribution in [0.1, 0.15) is 54.9 Å². The molecule has 0 spiro atoms. The van der Waals surface area contributed by atoms with E-state index in [9.17, 15) is 4.79 Å². The van der Waals surface area contributed by atoms with Gasteiger partial charge in [0.15, 0.2) is 0 Å². The van der Waals surface area contributed by atoms with Crippen molar-refractivity contribution in [1.29, 1.82) is 0 Å². The summed E-state index contributed by atoms with van der Waals surface area (Å²) in [4.78, 5) is 13.0. The van der Waals surface area contributed by atoms with Crippen LogP contribution in [0.4, 0.5) is 4.79 Å². The predicted molar refractivity (Wildman–Crippen MR) is 97.6 cm³/mol. The highest BCUT2D eigenvalue weighted by Gasteiger charge is 2.32. The molecular weight excluding hydrogens is 294 g/mol. The van der Waals surface area contributed by atoms with Crippen LogP contribution in [0, 0.1) is 10.8 Å². The van der Waals surface area contributed by atoms with Gasteiger partial charge in [0.05, 0.1) is 0 Å².